The van der Waals surface area contributed by atoms with E-state index < -0.39 is 11.2 Å². The summed E-state index contributed by atoms with van der Waals surface area (Å²) in [7, 11) is 3.54. The standard InChI is InChI=1S/C27H36O4/c1-23(2,3)24(4,28)19-15-25-12-13-27(19,30-6)22-26(25)11-7-8-17(25)14-16-9-10-18(29-5)21(31-22)20(16)26/h9-10,12-13,17,19,22,28H,7-8,11,14-15H2,1-6H3/t17-,19-,22-,24?,25-,26+,27-/m1/s1. The van der Waals surface area contributed by atoms with Gasteiger partial charge in [0.25, 0.3) is 0 Å². The molecule has 1 aromatic carbocycles. The molecule has 0 amide bonds. The van der Waals surface area contributed by atoms with Crippen LogP contribution in [0.3, 0.4) is 0 Å². The van der Waals surface area contributed by atoms with Crippen LogP contribution < -0.4 is 9.47 Å². The minimum Gasteiger partial charge on any atom is -0.493 e. The zero-order chi connectivity index (χ0) is 22.0. The molecule has 0 saturated heterocycles. The van der Waals surface area contributed by atoms with E-state index in [0.29, 0.717) is 5.92 Å². The summed E-state index contributed by atoms with van der Waals surface area (Å²) in [4.78, 5) is 0. The molecular weight excluding hydrogens is 388 g/mol. The monoisotopic (exact) mass is 424 g/mol. The first-order valence-electron chi connectivity index (χ1n) is 11.9. The molecule has 1 aromatic rings. The number of ether oxygens (including phenoxy) is 3. The smallest absolute Gasteiger partial charge is 0.166 e. The summed E-state index contributed by atoms with van der Waals surface area (Å²) in [5.41, 5.74) is 0.866. The van der Waals surface area contributed by atoms with E-state index >= 15 is 0 Å². The zero-order valence-corrected chi connectivity index (χ0v) is 19.7. The molecule has 2 saturated carbocycles. The summed E-state index contributed by atoms with van der Waals surface area (Å²) >= 11 is 0. The number of hydrogen-bond acceptors (Lipinski definition) is 4. The molecule has 1 N–H and O–H groups in total. The Hall–Kier alpha value is -1.52. The molecule has 0 aromatic heterocycles. The molecule has 168 valence electrons. The van der Waals surface area contributed by atoms with Gasteiger partial charge in [0.2, 0.25) is 0 Å². The maximum atomic E-state index is 12.0. The van der Waals surface area contributed by atoms with Crippen molar-refractivity contribution in [2.24, 2.45) is 22.7 Å². The highest BCUT2D eigenvalue weighted by molar-refractivity contribution is 5.65. The Morgan fingerprint density at radius 2 is 1.90 bits per heavy atom. The van der Waals surface area contributed by atoms with E-state index in [1.807, 2.05) is 6.92 Å². The number of rotatable bonds is 3. The predicted octanol–water partition coefficient (Wildman–Crippen LogP) is 4.81. The van der Waals surface area contributed by atoms with Crippen molar-refractivity contribution in [3.63, 3.8) is 0 Å². The summed E-state index contributed by atoms with van der Waals surface area (Å²) in [6.45, 7) is 8.44. The van der Waals surface area contributed by atoms with E-state index in [0.717, 1.165) is 30.8 Å². The van der Waals surface area contributed by atoms with Crippen LogP contribution in [-0.4, -0.2) is 36.6 Å². The fourth-order valence-electron chi connectivity index (χ4n) is 8.47. The predicted molar refractivity (Wildman–Crippen MR) is 120 cm³/mol. The van der Waals surface area contributed by atoms with E-state index in [1.165, 1.54) is 24.0 Å². The van der Waals surface area contributed by atoms with Gasteiger partial charge in [-0.2, -0.15) is 0 Å². The topological polar surface area (TPSA) is 47.9 Å². The van der Waals surface area contributed by atoms with Gasteiger partial charge in [-0.1, -0.05) is 45.4 Å². The van der Waals surface area contributed by atoms with Crippen molar-refractivity contribution in [1.82, 2.24) is 0 Å². The average Bonchev–Trinajstić information content (AvgIpc) is 3.09. The second kappa shape index (κ2) is 5.69. The van der Waals surface area contributed by atoms with E-state index in [4.69, 9.17) is 14.2 Å². The molecule has 2 fully saturated rings. The van der Waals surface area contributed by atoms with Crippen LogP contribution in [0.4, 0.5) is 0 Å². The summed E-state index contributed by atoms with van der Waals surface area (Å²) in [5, 5.41) is 12.0. The van der Waals surface area contributed by atoms with Crippen LogP contribution in [0.15, 0.2) is 24.3 Å². The molecule has 7 atom stereocenters. The quantitative estimate of drug-likeness (QED) is 0.708. The Kier molecular flexibility index (Phi) is 3.69. The van der Waals surface area contributed by atoms with Gasteiger partial charge in [-0.05, 0) is 55.6 Å². The molecule has 1 aliphatic heterocycles. The number of benzene rings is 1. The van der Waals surface area contributed by atoms with E-state index in [2.05, 4.69) is 45.1 Å². The number of fused-ring (bicyclic) bond motifs is 1. The lowest BCUT2D eigenvalue weighted by Gasteiger charge is -2.71. The molecule has 4 heteroatoms. The largest absolute Gasteiger partial charge is 0.493 e. The third-order valence-corrected chi connectivity index (χ3v) is 10.4. The lowest BCUT2D eigenvalue weighted by Crippen LogP contribution is -2.78. The first kappa shape index (κ1) is 20.1. The summed E-state index contributed by atoms with van der Waals surface area (Å²) in [6.07, 6.45) is 10.2. The lowest BCUT2D eigenvalue weighted by atomic mass is 9.33. The van der Waals surface area contributed by atoms with Gasteiger partial charge >= 0.3 is 0 Å². The van der Waals surface area contributed by atoms with Crippen LogP contribution in [0, 0.1) is 22.7 Å². The first-order chi connectivity index (χ1) is 14.6. The van der Waals surface area contributed by atoms with E-state index in [-0.39, 0.29) is 28.3 Å². The van der Waals surface area contributed by atoms with Gasteiger partial charge in [0.15, 0.2) is 11.5 Å². The Balaban J connectivity index is 1.66. The van der Waals surface area contributed by atoms with Gasteiger partial charge in [-0.15, -0.1) is 0 Å². The normalized spacial score (nSPS) is 43.3. The number of allylic oxidation sites excluding steroid dienone is 1. The summed E-state index contributed by atoms with van der Waals surface area (Å²) in [6, 6.07) is 4.35. The average molecular weight is 425 g/mol. The molecule has 7 rings (SSSR count). The molecule has 6 aliphatic rings. The van der Waals surface area contributed by atoms with Crippen molar-refractivity contribution < 1.29 is 19.3 Å². The van der Waals surface area contributed by atoms with Crippen molar-refractivity contribution >= 4 is 0 Å². The second-order valence-electron chi connectivity index (χ2n) is 12.0. The van der Waals surface area contributed by atoms with Crippen molar-refractivity contribution in [3.05, 3.63) is 35.4 Å². The van der Waals surface area contributed by atoms with Crippen LogP contribution in [0.25, 0.3) is 0 Å². The fraction of sp³-hybridized carbons (Fsp3) is 0.704. The van der Waals surface area contributed by atoms with Crippen LogP contribution in [0.5, 0.6) is 11.5 Å². The Labute approximate surface area is 186 Å². The lowest BCUT2D eigenvalue weighted by molar-refractivity contribution is -0.259. The molecule has 5 aliphatic carbocycles. The minimum absolute atomic E-state index is 0.000712. The second-order valence-corrected chi connectivity index (χ2v) is 12.0. The maximum absolute atomic E-state index is 12.0. The Morgan fingerprint density at radius 3 is 2.58 bits per heavy atom. The van der Waals surface area contributed by atoms with Gasteiger partial charge in [0, 0.05) is 29.4 Å². The number of hydrogen-bond donors (Lipinski definition) is 1. The highest BCUT2D eigenvalue weighted by Crippen LogP contribution is 2.77. The number of methoxy groups -OCH3 is 2. The van der Waals surface area contributed by atoms with Crippen LogP contribution in [0.1, 0.15) is 64.5 Å². The van der Waals surface area contributed by atoms with Gasteiger partial charge in [-0.25, -0.2) is 0 Å². The molecule has 1 heterocycles. The molecule has 2 spiro atoms. The van der Waals surface area contributed by atoms with Gasteiger partial charge in [-0.3, -0.25) is 0 Å². The van der Waals surface area contributed by atoms with E-state index in [1.54, 1.807) is 14.2 Å². The molecule has 4 nitrogen and oxygen atoms in total. The molecule has 4 bridgehead atoms. The zero-order valence-electron chi connectivity index (χ0n) is 19.7. The molecule has 31 heavy (non-hydrogen) atoms. The maximum Gasteiger partial charge on any atom is 0.166 e. The van der Waals surface area contributed by atoms with Gasteiger partial charge < -0.3 is 19.3 Å². The number of aliphatic hydroxyl groups is 1. The van der Waals surface area contributed by atoms with Crippen molar-refractivity contribution in [2.75, 3.05) is 14.2 Å². The SMILES string of the molecule is COc1ccc2c3c1O[C@H]1[C@@]4(OC)C=C[C@@]5(C[C@@H]4C(C)(O)C(C)(C)C)[C@H](CCC[C@]315)C2. The fourth-order valence-corrected chi connectivity index (χ4v) is 8.47. The third kappa shape index (κ3) is 1.94. The highest BCUT2D eigenvalue weighted by Gasteiger charge is 2.80. The highest BCUT2D eigenvalue weighted by atomic mass is 16.6. The first-order valence-corrected chi connectivity index (χ1v) is 11.9. The van der Waals surface area contributed by atoms with Gasteiger partial charge in [0.1, 0.15) is 11.7 Å². The van der Waals surface area contributed by atoms with Crippen LogP contribution in [0.2, 0.25) is 0 Å². The molecule has 1 unspecified atom stereocenters. The van der Waals surface area contributed by atoms with Crippen LogP contribution >= 0.6 is 0 Å². The Bertz CT molecular complexity index is 988. The summed E-state index contributed by atoms with van der Waals surface area (Å²) in [5.74, 6) is 2.28. The summed E-state index contributed by atoms with van der Waals surface area (Å²) < 4.78 is 19.2. The Morgan fingerprint density at radius 1 is 1.13 bits per heavy atom. The van der Waals surface area contributed by atoms with Crippen LogP contribution in [-0.2, 0) is 16.6 Å². The molecular formula is C27H36O4. The third-order valence-electron chi connectivity index (χ3n) is 10.4. The molecule has 0 radical (unpaired) electrons. The van der Waals surface area contributed by atoms with Gasteiger partial charge in [0.05, 0.1) is 12.7 Å². The minimum atomic E-state index is -0.904. The van der Waals surface area contributed by atoms with Crippen molar-refractivity contribution in [3.8, 4) is 11.5 Å². The van der Waals surface area contributed by atoms with E-state index in [9.17, 15) is 5.11 Å². The van der Waals surface area contributed by atoms with Crippen molar-refractivity contribution in [2.45, 2.75) is 82.5 Å². The van der Waals surface area contributed by atoms with Crippen molar-refractivity contribution in [1.29, 1.82) is 0 Å².